The highest BCUT2D eigenvalue weighted by molar-refractivity contribution is 5.67. The van der Waals surface area contributed by atoms with Crippen LogP contribution in [0, 0.1) is 0 Å². The highest BCUT2D eigenvalue weighted by atomic mass is 19.4. The van der Waals surface area contributed by atoms with E-state index in [0.717, 1.165) is 24.2 Å². The third-order valence-electron chi connectivity index (χ3n) is 3.54. The molecule has 0 aliphatic carbocycles. The molecule has 0 radical (unpaired) electrons. The molecule has 0 spiro atoms. The second-order valence-electron chi connectivity index (χ2n) is 5.54. The first kappa shape index (κ1) is 19.9. The van der Waals surface area contributed by atoms with E-state index in [1.807, 2.05) is 18.2 Å². The Bertz CT molecular complexity index is 771. The summed E-state index contributed by atoms with van der Waals surface area (Å²) in [5.74, 6) is 0. The standard InChI is InChI=1S/C15H13F3N2.C2HF3O/c16-15(17,18)7-14-13(2-1-5-20-14)10-3-4-11-8-19-9-12(11)6-10;3-2(4,5)1-6/h1-6,19H,7-9H2;1H. The van der Waals surface area contributed by atoms with Crippen LogP contribution in [0.1, 0.15) is 16.8 Å². The number of hydrogen-bond acceptors (Lipinski definition) is 3. The maximum Gasteiger partial charge on any atom is 0.446 e. The predicted molar refractivity (Wildman–Crippen MR) is 82.1 cm³/mol. The molecule has 26 heavy (non-hydrogen) atoms. The molecule has 3 nitrogen and oxygen atoms in total. The maximum atomic E-state index is 12.6. The summed E-state index contributed by atoms with van der Waals surface area (Å²) in [5.41, 5.74) is 3.77. The van der Waals surface area contributed by atoms with E-state index >= 15 is 0 Å². The van der Waals surface area contributed by atoms with Crippen molar-refractivity contribution in [1.29, 1.82) is 0 Å². The third kappa shape index (κ3) is 5.83. The summed E-state index contributed by atoms with van der Waals surface area (Å²) in [6.07, 6.45) is -9.55. The van der Waals surface area contributed by atoms with E-state index in [2.05, 4.69) is 10.3 Å². The normalized spacial score (nSPS) is 13.6. The van der Waals surface area contributed by atoms with Gasteiger partial charge in [-0.15, -0.1) is 0 Å². The summed E-state index contributed by atoms with van der Waals surface area (Å²) in [5, 5.41) is 3.22. The van der Waals surface area contributed by atoms with Crippen LogP contribution in [-0.2, 0) is 24.3 Å². The molecule has 1 aliphatic heterocycles. The van der Waals surface area contributed by atoms with Crippen molar-refractivity contribution in [2.75, 3.05) is 0 Å². The quantitative estimate of drug-likeness (QED) is 0.631. The van der Waals surface area contributed by atoms with Gasteiger partial charge in [-0.05, 0) is 28.8 Å². The van der Waals surface area contributed by atoms with Crippen molar-refractivity contribution < 1.29 is 31.1 Å². The van der Waals surface area contributed by atoms with Crippen LogP contribution in [-0.4, -0.2) is 23.6 Å². The smallest absolute Gasteiger partial charge is 0.309 e. The molecule has 2 heterocycles. The third-order valence-corrected chi connectivity index (χ3v) is 3.54. The molecule has 0 saturated carbocycles. The summed E-state index contributed by atoms with van der Waals surface area (Å²) in [4.78, 5) is 12.6. The van der Waals surface area contributed by atoms with E-state index in [1.54, 1.807) is 12.1 Å². The van der Waals surface area contributed by atoms with Gasteiger partial charge in [0.15, 0.2) is 0 Å². The number of nitrogens with zero attached hydrogens (tertiary/aromatic N) is 1. The zero-order chi connectivity index (χ0) is 19.4. The topological polar surface area (TPSA) is 42.0 Å². The Hall–Kier alpha value is -2.42. The van der Waals surface area contributed by atoms with Gasteiger partial charge in [0.1, 0.15) is 0 Å². The van der Waals surface area contributed by atoms with Crippen molar-refractivity contribution in [3.05, 3.63) is 53.3 Å². The summed E-state index contributed by atoms with van der Waals surface area (Å²) >= 11 is 0. The van der Waals surface area contributed by atoms with Crippen LogP contribution in [0.25, 0.3) is 11.1 Å². The van der Waals surface area contributed by atoms with Gasteiger partial charge in [-0.3, -0.25) is 9.78 Å². The number of nitrogens with one attached hydrogen (secondary N) is 1. The molecule has 0 fully saturated rings. The first-order chi connectivity index (χ1) is 12.1. The minimum Gasteiger partial charge on any atom is -0.309 e. The van der Waals surface area contributed by atoms with Crippen LogP contribution in [0.5, 0.6) is 0 Å². The van der Waals surface area contributed by atoms with E-state index in [1.165, 1.54) is 11.8 Å². The molecule has 2 aromatic rings. The average Bonchev–Trinajstić information content (AvgIpc) is 3.01. The fraction of sp³-hybridized carbons (Fsp3) is 0.294. The number of carbonyl (C=O) groups is 1. The van der Waals surface area contributed by atoms with Crippen molar-refractivity contribution in [1.82, 2.24) is 10.3 Å². The minimum atomic E-state index is -4.64. The van der Waals surface area contributed by atoms with Gasteiger partial charge >= 0.3 is 12.4 Å². The number of alkyl halides is 6. The Labute approximate surface area is 145 Å². The monoisotopic (exact) mass is 376 g/mol. The van der Waals surface area contributed by atoms with Crippen molar-refractivity contribution in [3.8, 4) is 11.1 Å². The van der Waals surface area contributed by atoms with Gasteiger partial charge in [0.05, 0.1) is 12.1 Å². The lowest BCUT2D eigenvalue weighted by Crippen LogP contribution is -2.13. The van der Waals surface area contributed by atoms with Crippen LogP contribution in [0.2, 0.25) is 0 Å². The van der Waals surface area contributed by atoms with Gasteiger partial charge in [0.25, 0.3) is 0 Å². The molecule has 140 valence electrons. The van der Waals surface area contributed by atoms with E-state index in [4.69, 9.17) is 4.79 Å². The second kappa shape index (κ2) is 7.86. The van der Waals surface area contributed by atoms with Crippen molar-refractivity contribution >= 4 is 6.29 Å². The predicted octanol–water partition coefficient (Wildman–Crippen LogP) is 4.20. The maximum absolute atomic E-state index is 12.6. The first-order valence-electron chi connectivity index (χ1n) is 7.45. The molecule has 1 aromatic heterocycles. The Kier molecular flexibility index (Phi) is 6.01. The molecule has 1 aromatic carbocycles. The van der Waals surface area contributed by atoms with E-state index in [-0.39, 0.29) is 5.69 Å². The van der Waals surface area contributed by atoms with Gasteiger partial charge in [0, 0.05) is 24.8 Å². The van der Waals surface area contributed by atoms with Crippen LogP contribution < -0.4 is 5.32 Å². The molecule has 3 rings (SSSR count). The Morgan fingerprint density at radius 1 is 1.04 bits per heavy atom. The number of rotatable bonds is 2. The lowest BCUT2D eigenvalue weighted by Gasteiger charge is -2.11. The fourth-order valence-electron chi connectivity index (χ4n) is 2.49. The van der Waals surface area contributed by atoms with Crippen LogP contribution in [0.3, 0.4) is 0 Å². The number of fused-ring (bicyclic) bond motifs is 1. The van der Waals surface area contributed by atoms with Crippen molar-refractivity contribution in [2.24, 2.45) is 0 Å². The SMILES string of the molecule is FC(F)(F)Cc1ncccc1-c1ccc2c(c1)CNC2.O=CC(F)(F)F. The Morgan fingerprint density at radius 3 is 2.31 bits per heavy atom. The van der Waals surface area contributed by atoms with E-state index in [9.17, 15) is 26.3 Å². The van der Waals surface area contributed by atoms with Gasteiger partial charge in [-0.1, -0.05) is 18.2 Å². The van der Waals surface area contributed by atoms with Gasteiger partial charge in [0.2, 0.25) is 6.29 Å². The molecule has 1 aliphatic rings. The molecule has 0 amide bonds. The van der Waals surface area contributed by atoms with Gasteiger partial charge in [-0.25, -0.2) is 0 Å². The molecule has 9 heteroatoms. The lowest BCUT2D eigenvalue weighted by molar-refractivity contribution is -0.156. The number of benzene rings is 1. The zero-order valence-corrected chi connectivity index (χ0v) is 13.3. The summed E-state index contributed by atoms with van der Waals surface area (Å²) in [7, 11) is 0. The number of aldehydes is 1. The van der Waals surface area contributed by atoms with E-state index < -0.39 is 25.1 Å². The second-order valence-corrected chi connectivity index (χ2v) is 5.54. The highest BCUT2D eigenvalue weighted by Gasteiger charge is 2.30. The molecule has 0 bridgehead atoms. The number of aromatic nitrogens is 1. The molecule has 0 saturated heterocycles. The Morgan fingerprint density at radius 2 is 1.69 bits per heavy atom. The molecular weight excluding hydrogens is 362 g/mol. The van der Waals surface area contributed by atoms with Crippen LogP contribution in [0.15, 0.2) is 36.5 Å². The Balaban J connectivity index is 0.000000352. The fourth-order valence-corrected chi connectivity index (χ4v) is 2.49. The zero-order valence-electron chi connectivity index (χ0n) is 13.3. The van der Waals surface area contributed by atoms with Gasteiger partial charge in [-0.2, -0.15) is 26.3 Å². The van der Waals surface area contributed by atoms with Crippen molar-refractivity contribution in [3.63, 3.8) is 0 Å². The van der Waals surface area contributed by atoms with Crippen molar-refractivity contribution in [2.45, 2.75) is 31.9 Å². The minimum absolute atomic E-state index is 0.0749. The molecule has 1 N–H and O–H groups in total. The summed E-state index contributed by atoms with van der Waals surface area (Å²) in [6.45, 7) is 1.58. The first-order valence-corrected chi connectivity index (χ1v) is 7.45. The largest absolute Gasteiger partial charge is 0.446 e. The van der Waals surface area contributed by atoms with Crippen LogP contribution >= 0.6 is 0 Å². The average molecular weight is 376 g/mol. The molecule has 0 atom stereocenters. The number of pyridine rings is 1. The number of carbonyl (C=O) groups excluding carboxylic acids is 1. The van der Waals surface area contributed by atoms with Crippen LogP contribution in [0.4, 0.5) is 26.3 Å². The molecule has 0 unspecified atom stereocenters. The summed E-state index contributed by atoms with van der Waals surface area (Å²) in [6, 6.07) is 9.14. The van der Waals surface area contributed by atoms with E-state index in [0.29, 0.717) is 5.56 Å². The molecular formula is C17H14F6N2O. The number of hydrogen-bond donors (Lipinski definition) is 1. The highest BCUT2D eigenvalue weighted by Crippen LogP contribution is 2.30. The number of halogens is 6. The summed E-state index contributed by atoms with van der Waals surface area (Å²) < 4.78 is 69.1. The van der Waals surface area contributed by atoms with Gasteiger partial charge < -0.3 is 5.32 Å². The lowest BCUT2D eigenvalue weighted by atomic mass is 9.98.